The lowest BCUT2D eigenvalue weighted by molar-refractivity contribution is 0.432. The number of hydrogen-bond donors (Lipinski definition) is 2. The molecule has 0 atom stereocenters. The number of aromatic amines is 1. The lowest BCUT2D eigenvalue weighted by Crippen LogP contribution is -1.84. The van der Waals surface area contributed by atoms with Gasteiger partial charge in [0, 0.05) is 26.6 Å². The molecular weight excluding hydrogens is 382 g/mol. The highest BCUT2D eigenvalue weighted by atomic mass is 79.9. The van der Waals surface area contributed by atoms with E-state index in [2.05, 4.69) is 43.2 Å². The van der Waals surface area contributed by atoms with Gasteiger partial charge in [-0.3, -0.25) is 0 Å². The van der Waals surface area contributed by atoms with Crippen LogP contribution in [-0.4, -0.2) is 20.2 Å². The van der Waals surface area contributed by atoms with Crippen LogP contribution in [0.5, 0.6) is 5.75 Å². The summed E-state index contributed by atoms with van der Waals surface area (Å²) in [7, 11) is 0. The van der Waals surface area contributed by atoms with Crippen LogP contribution >= 0.6 is 15.9 Å². The Hall–Kier alpha value is -2.60. The van der Waals surface area contributed by atoms with Crippen molar-refractivity contribution in [3.05, 3.63) is 52.1 Å². The van der Waals surface area contributed by atoms with Gasteiger partial charge in [0.05, 0.1) is 5.56 Å². The fourth-order valence-electron chi connectivity index (χ4n) is 3.51. The number of aromatic nitrogens is 3. The zero-order valence-electron chi connectivity index (χ0n) is 13.2. The van der Waals surface area contributed by atoms with Gasteiger partial charge in [-0.15, -0.1) is 0 Å². The first-order valence-corrected chi connectivity index (χ1v) is 8.95. The highest BCUT2D eigenvalue weighted by Crippen LogP contribution is 2.34. The largest absolute Gasteiger partial charge is 0.508 e. The molecule has 0 saturated carbocycles. The van der Waals surface area contributed by atoms with Crippen molar-refractivity contribution in [1.82, 2.24) is 15.1 Å². The molecule has 5 nitrogen and oxygen atoms in total. The van der Waals surface area contributed by atoms with Crippen LogP contribution in [-0.2, 0) is 12.8 Å². The molecule has 6 heteroatoms. The molecule has 0 radical (unpaired) electrons. The van der Waals surface area contributed by atoms with Crippen LogP contribution < -0.4 is 0 Å². The maximum absolute atomic E-state index is 9.53. The summed E-state index contributed by atoms with van der Waals surface area (Å²) in [4.78, 5) is 8.03. The number of H-pyrrole nitrogens is 1. The molecular formula is C19H14BrN3O2. The number of hydrogen-bond acceptors (Lipinski definition) is 4. The Bertz CT molecular complexity index is 1110. The van der Waals surface area contributed by atoms with Crippen molar-refractivity contribution >= 4 is 26.8 Å². The Labute approximate surface area is 151 Å². The summed E-state index contributed by atoms with van der Waals surface area (Å²) in [6.07, 6.45) is 3.46. The number of nitrogens with zero attached hydrogens (tertiary/aromatic N) is 2. The molecule has 0 spiro atoms. The van der Waals surface area contributed by atoms with Gasteiger partial charge in [-0.1, -0.05) is 5.16 Å². The van der Waals surface area contributed by atoms with Gasteiger partial charge < -0.3 is 14.6 Å². The molecule has 0 amide bonds. The summed E-state index contributed by atoms with van der Waals surface area (Å²) in [6, 6.07) is 11.2. The van der Waals surface area contributed by atoms with Crippen molar-refractivity contribution in [1.29, 1.82) is 0 Å². The number of benzene rings is 2. The minimum Gasteiger partial charge on any atom is -0.508 e. The molecule has 0 fully saturated rings. The minimum atomic E-state index is 0.183. The summed E-state index contributed by atoms with van der Waals surface area (Å²) in [5.74, 6) is 1.16. The van der Waals surface area contributed by atoms with Crippen molar-refractivity contribution in [2.75, 3.05) is 0 Å². The fraction of sp³-hybridized carbons (Fsp3) is 0.158. The predicted molar refractivity (Wildman–Crippen MR) is 98.4 cm³/mol. The van der Waals surface area contributed by atoms with Gasteiger partial charge in [-0.05, 0) is 77.2 Å². The maximum Gasteiger partial charge on any atom is 0.259 e. The molecule has 2 aromatic heterocycles. The molecule has 0 bridgehead atoms. The summed E-state index contributed by atoms with van der Waals surface area (Å²) in [5.41, 5.74) is 5.63. The van der Waals surface area contributed by atoms with Crippen molar-refractivity contribution in [3.63, 3.8) is 0 Å². The second-order valence-electron chi connectivity index (χ2n) is 6.28. The van der Waals surface area contributed by atoms with Crippen molar-refractivity contribution < 1.29 is 9.63 Å². The number of nitrogens with one attached hydrogen (secondary N) is 1. The average molecular weight is 396 g/mol. The second-order valence-corrected chi connectivity index (χ2v) is 7.14. The van der Waals surface area contributed by atoms with Gasteiger partial charge in [0.25, 0.3) is 5.89 Å². The maximum atomic E-state index is 9.53. The zero-order valence-corrected chi connectivity index (χ0v) is 14.8. The van der Waals surface area contributed by atoms with Crippen LogP contribution in [0.2, 0.25) is 0 Å². The van der Waals surface area contributed by atoms with E-state index < -0.39 is 0 Å². The third-order valence-corrected chi connectivity index (χ3v) is 5.37. The molecule has 2 N–H and O–H groups in total. The molecule has 124 valence electrons. The van der Waals surface area contributed by atoms with E-state index in [1.54, 1.807) is 18.2 Å². The molecule has 5 rings (SSSR count). The first-order valence-electron chi connectivity index (χ1n) is 8.15. The number of phenolic OH excluding ortho intramolecular Hbond substituents is 1. The number of phenols is 1. The number of aromatic hydroxyl groups is 1. The topological polar surface area (TPSA) is 74.9 Å². The first-order chi connectivity index (χ1) is 12.2. The Balaban J connectivity index is 1.58. The minimum absolute atomic E-state index is 0.183. The highest BCUT2D eigenvalue weighted by Gasteiger charge is 2.19. The number of fused-ring (bicyclic) bond motifs is 3. The summed E-state index contributed by atoms with van der Waals surface area (Å²) < 4.78 is 6.14. The molecule has 25 heavy (non-hydrogen) atoms. The molecule has 2 heterocycles. The second kappa shape index (κ2) is 5.46. The summed E-state index contributed by atoms with van der Waals surface area (Å²) in [5, 5.41) is 14.9. The predicted octanol–water partition coefficient (Wildman–Crippen LogP) is 4.84. The van der Waals surface area contributed by atoms with Crippen LogP contribution in [0.25, 0.3) is 33.7 Å². The Morgan fingerprint density at radius 2 is 2.04 bits per heavy atom. The monoisotopic (exact) mass is 395 g/mol. The molecule has 0 saturated heterocycles. The quantitative estimate of drug-likeness (QED) is 0.508. The Morgan fingerprint density at radius 1 is 1.12 bits per heavy atom. The van der Waals surface area contributed by atoms with E-state index >= 15 is 0 Å². The zero-order chi connectivity index (χ0) is 17.0. The van der Waals surface area contributed by atoms with Crippen LogP contribution in [0.4, 0.5) is 0 Å². The van der Waals surface area contributed by atoms with Gasteiger partial charge >= 0.3 is 0 Å². The van der Waals surface area contributed by atoms with Crippen molar-refractivity contribution in [2.45, 2.75) is 19.3 Å². The normalized spacial score (nSPS) is 13.5. The summed E-state index contributed by atoms with van der Waals surface area (Å²) in [6.45, 7) is 0. The van der Waals surface area contributed by atoms with Crippen LogP contribution in [0, 0.1) is 0 Å². The van der Waals surface area contributed by atoms with Gasteiger partial charge in [-0.25, -0.2) is 0 Å². The van der Waals surface area contributed by atoms with Crippen LogP contribution in [0.3, 0.4) is 0 Å². The third kappa shape index (κ3) is 2.36. The highest BCUT2D eigenvalue weighted by molar-refractivity contribution is 9.10. The van der Waals surface area contributed by atoms with E-state index in [1.165, 1.54) is 28.6 Å². The van der Waals surface area contributed by atoms with E-state index in [-0.39, 0.29) is 5.75 Å². The first kappa shape index (κ1) is 14.7. The third-order valence-electron chi connectivity index (χ3n) is 4.72. The van der Waals surface area contributed by atoms with Gasteiger partial charge in [0.2, 0.25) is 5.82 Å². The van der Waals surface area contributed by atoms with Gasteiger partial charge in [-0.2, -0.15) is 4.98 Å². The molecule has 4 aromatic rings. The molecule has 1 aliphatic rings. The van der Waals surface area contributed by atoms with Crippen molar-refractivity contribution in [3.8, 4) is 28.6 Å². The Kier molecular flexibility index (Phi) is 3.21. The van der Waals surface area contributed by atoms with E-state index in [4.69, 9.17) is 4.52 Å². The van der Waals surface area contributed by atoms with E-state index in [1.807, 2.05) is 6.07 Å². The van der Waals surface area contributed by atoms with E-state index in [0.717, 1.165) is 24.0 Å². The molecule has 0 aliphatic heterocycles. The molecule has 0 unspecified atom stereocenters. The smallest absolute Gasteiger partial charge is 0.259 e. The SMILES string of the molecule is Oc1ccc(-c2nc(-c3ccc4[nH]c5c(c4c3)CCC5)no2)c(Br)c1. The average Bonchev–Trinajstić information content (AvgIpc) is 3.30. The van der Waals surface area contributed by atoms with Crippen LogP contribution in [0.15, 0.2) is 45.4 Å². The van der Waals surface area contributed by atoms with Gasteiger partial charge in [0.15, 0.2) is 0 Å². The number of halogens is 1. The lowest BCUT2D eigenvalue weighted by Gasteiger charge is -1.99. The van der Waals surface area contributed by atoms with Gasteiger partial charge in [0.1, 0.15) is 5.75 Å². The number of rotatable bonds is 2. The van der Waals surface area contributed by atoms with Crippen molar-refractivity contribution in [2.24, 2.45) is 0 Å². The standard InChI is InChI=1S/C19H14BrN3O2/c20-15-9-11(24)5-6-13(15)19-22-18(23-25-19)10-4-7-17-14(8-10)12-2-1-3-16(12)21-17/h4-9,21,24H,1-3H2. The fourth-order valence-corrected chi connectivity index (χ4v) is 4.05. The van der Waals surface area contributed by atoms with E-state index in [0.29, 0.717) is 16.2 Å². The molecule has 1 aliphatic carbocycles. The summed E-state index contributed by atoms with van der Waals surface area (Å²) >= 11 is 3.42. The van der Waals surface area contributed by atoms with Crippen LogP contribution in [0.1, 0.15) is 17.7 Å². The lowest BCUT2D eigenvalue weighted by atomic mass is 10.1. The molecule has 2 aromatic carbocycles. The van der Waals surface area contributed by atoms with E-state index in [9.17, 15) is 5.11 Å². The Morgan fingerprint density at radius 3 is 2.92 bits per heavy atom. The number of aryl methyl sites for hydroxylation is 2.